The number of benzene rings is 1. The van der Waals surface area contributed by atoms with Crippen molar-refractivity contribution in [2.75, 3.05) is 4.72 Å². The second-order valence-corrected chi connectivity index (χ2v) is 6.03. The van der Waals surface area contributed by atoms with Gasteiger partial charge in [0, 0.05) is 7.05 Å². The van der Waals surface area contributed by atoms with Crippen molar-refractivity contribution in [3.8, 4) is 12.1 Å². The highest BCUT2D eigenvalue weighted by Crippen LogP contribution is 2.16. The van der Waals surface area contributed by atoms with Gasteiger partial charge in [-0.2, -0.15) is 15.6 Å². The molecule has 0 saturated carbocycles. The molecule has 2 aromatic rings. The molecular weight excluding hydrogens is 290 g/mol. The van der Waals surface area contributed by atoms with E-state index in [0.29, 0.717) is 11.1 Å². The molecule has 0 radical (unpaired) electrons. The highest BCUT2D eigenvalue weighted by atomic mass is 32.2. The number of aromatic nitrogens is 2. The molecule has 0 amide bonds. The second-order valence-electron chi connectivity index (χ2n) is 4.31. The van der Waals surface area contributed by atoms with Crippen LogP contribution in [0.1, 0.15) is 16.7 Å². The Hall–Kier alpha value is -2.84. The molecule has 0 bridgehead atoms. The van der Waals surface area contributed by atoms with Crippen molar-refractivity contribution >= 4 is 15.8 Å². The zero-order valence-corrected chi connectivity index (χ0v) is 11.9. The quantitative estimate of drug-likeness (QED) is 0.909. The smallest absolute Gasteiger partial charge is 0.238 e. The lowest BCUT2D eigenvalue weighted by molar-refractivity contribution is 0.599. The largest absolute Gasteiger partial charge is 0.266 e. The molecule has 0 aliphatic heterocycles. The third-order valence-corrected chi connectivity index (χ3v) is 3.97. The number of aryl methyl sites for hydroxylation is 1. The molecular formula is C13H11N5O2S. The molecule has 0 spiro atoms. The number of rotatable bonds is 4. The van der Waals surface area contributed by atoms with E-state index in [9.17, 15) is 8.42 Å². The Kier molecular flexibility index (Phi) is 3.92. The van der Waals surface area contributed by atoms with Crippen LogP contribution in [-0.4, -0.2) is 18.2 Å². The fourth-order valence-corrected chi connectivity index (χ4v) is 2.96. The Morgan fingerprint density at radius 3 is 2.48 bits per heavy atom. The first-order chi connectivity index (χ1) is 9.95. The minimum atomic E-state index is -3.68. The van der Waals surface area contributed by atoms with Gasteiger partial charge in [0.2, 0.25) is 10.0 Å². The lowest BCUT2D eigenvalue weighted by Crippen LogP contribution is -2.18. The van der Waals surface area contributed by atoms with Gasteiger partial charge in [-0.1, -0.05) is 12.1 Å². The molecule has 1 N–H and O–H groups in total. The maximum absolute atomic E-state index is 12.1. The van der Waals surface area contributed by atoms with Crippen LogP contribution in [0.25, 0.3) is 0 Å². The fraction of sp³-hybridized carbons (Fsp3) is 0.154. The molecule has 1 aromatic heterocycles. The van der Waals surface area contributed by atoms with Crippen molar-refractivity contribution in [3.05, 3.63) is 47.2 Å². The first kappa shape index (κ1) is 14.6. The summed E-state index contributed by atoms with van der Waals surface area (Å²) in [6, 6.07) is 10.1. The van der Waals surface area contributed by atoms with Crippen LogP contribution < -0.4 is 4.72 Å². The first-order valence-corrected chi connectivity index (χ1v) is 7.52. The van der Waals surface area contributed by atoms with Crippen LogP contribution >= 0.6 is 0 Å². The van der Waals surface area contributed by atoms with Crippen molar-refractivity contribution < 1.29 is 8.42 Å². The summed E-state index contributed by atoms with van der Waals surface area (Å²) in [5, 5.41) is 21.4. The minimum absolute atomic E-state index is 0.131. The highest BCUT2D eigenvalue weighted by Gasteiger charge is 2.17. The van der Waals surface area contributed by atoms with E-state index in [4.69, 9.17) is 10.5 Å². The third-order valence-electron chi connectivity index (χ3n) is 2.75. The van der Waals surface area contributed by atoms with E-state index in [1.807, 2.05) is 12.1 Å². The predicted molar refractivity (Wildman–Crippen MR) is 75.3 cm³/mol. The molecule has 0 saturated heterocycles. The van der Waals surface area contributed by atoms with Crippen LogP contribution in [-0.2, 0) is 22.8 Å². The average Bonchev–Trinajstić information content (AvgIpc) is 2.79. The van der Waals surface area contributed by atoms with Gasteiger partial charge in [0.25, 0.3) is 0 Å². The number of hydrogen-bond donors (Lipinski definition) is 1. The monoisotopic (exact) mass is 301 g/mol. The van der Waals surface area contributed by atoms with E-state index in [1.54, 1.807) is 31.3 Å². The number of sulfonamides is 1. The SMILES string of the molecule is Cn1ncc(C#N)c1NS(=O)(=O)Cc1ccc(C#N)cc1. The Bertz CT molecular complexity index is 838. The summed E-state index contributed by atoms with van der Waals surface area (Å²) in [6.45, 7) is 0. The van der Waals surface area contributed by atoms with Crippen LogP contribution in [0, 0.1) is 22.7 Å². The summed E-state index contributed by atoms with van der Waals surface area (Å²) in [7, 11) is -2.14. The molecule has 2 rings (SSSR count). The lowest BCUT2D eigenvalue weighted by Gasteiger charge is -2.08. The summed E-state index contributed by atoms with van der Waals surface area (Å²) in [5.41, 5.74) is 1.16. The van der Waals surface area contributed by atoms with Gasteiger partial charge < -0.3 is 0 Å². The van der Waals surface area contributed by atoms with E-state index in [2.05, 4.69) is 9.82 Å². The van der Waals surface area contributed by atoms with Gasteiger partial charge in [-0.05, 0) is 17.7 Å². The van der Waals surface area contributed by atoms with E-state index in [1.165, 1.54) is 10.9 Å². The van der Waals surface area contributed by atoms with E-state index in [-0.39, 0.29) is 17.1 Å². The van der Waals surface area contributed by atoms with Crippen molar-refractivity contribution in [2.45, 2.75) is 5.75 Å². The first-order valence-electron chi connectivity index (χ1n) is 5.87. The van der Waals surface area contributed by atoms with Crippen LogP contribution in [0.15, 0.2) is 30.5 Å². The molecule has 1 heterocycles. The number of hydrogen-bond acceptors (Lipinski definition) is 5. The minimum Gasteiger partial charge on any atom is -0.266 e. The second kappa shape index (κ2) is 5.65. The fourth-order valence-electron chi connectivity index (χ4n) is 1.72. The number of nitriles is 2. The molecule has 106 valence electrons. The molecule has 0 atom stereocenters. The zero-order valence-electron chi connectivity index (χ0n) is 11.1. The van der Waals surface area contributed by atoms with Crippen molar-refractivity contribution in [3.63, 3.8) is 0 Å². The molecule has 8 heteroatoms. The van der Waals surface area contributed by atoms with Crippen molar-refractivity contribution in [1.82, 2.24) is 9.78 Å². The Morgan fingerprint density at radius 2 is 1.90 bits per heavy atom. The van der Waals surface area contributed by atoms with Crippen LogP contribution in [0.3, 0.4) is 0 Å². The van der Waals surface area contributed by atoms with Gasteiger partial charge in [-0.15, -0.1) is 0 Å². The average molecular weight is 301 g/mol. The zero-order chi connectivity index (χ0) is 15.5. The summed E-state index contributed by atoms with van der Waals surface area (Å²) in [4.78, 5) is 0. The molecule has 0 fully saturated rings. The molecule has 7 nitrogen and oxygen atoms in total. The molecule has 21 heavy (non-hydrogen) atoms. The summed E-state index contributed by atoms with van der Waals surface area (Å²) in [5.74, 6) is -0.125. The standard InChI is InChI=1S/C13H11N5O2S/c1-18-13(12(7-15)8-16-18)17-21(19,20)9-11-4-2-10(6-14)3-5-11/h2-5,8,17H,9H2,1H3. The van der Waals surface area contributed by atoms with Crippen LogP contribution in [0.2, 0.25) is 0 Å². The maximum atomic E-state index is 12.1. The third kappa shape index (κ3) is 3.38. The molecule has 0 aliphatic rings. The van der Waals surface area contributed by atoms with E-state index in [0.717, 1.165) is 0 Å². The van der Waals surface area contributed by atoms with Gasteiger partial charge in [0.15, 0.2) is 5.82 Å². The number of anilines is 1. The number of nitrogens with zero attached hydrogens (tertiary/aromatic N) is 4. The van der Waals surface area contributed by atoms with E-state index < -0.39 is 10.0 Å². The van der Waals surface area contributed by atoms with Crippen LogP contribution in [0.5, 0.6) is 0 Å². The maximum Gasteiger partial charge on any atom is 0.238 e. The van der Waals surface area contributed by atoms with Crippen molar-refractivity contribution in [1.29, 1.82) is 10.5 Å². The van der Waals surface area contributed by atoms with Gasteiger partial charge >= 0.3 is 0 Å². The Morgan fingerprint density at radius 1 is 1.24 bits per heavy atom. The van der Waals surface area contributed by atoms with Crippen LogP contribution in [0.4, 0.5) is 5.82 Å². The molecule has 0 aliphatic carbocycles. The van der Waals surface area contributed by atoms with E-state index >= 15 is 0 Å². The normalized spacial score (nSPS) is 10.6. The summed E-state index contributed by atoms with van der Waals surface area (Å²) in [6.07, 6.45) is 1.29. The van der Waals surface area contributed by atoms with Gasteiger partial charge in [-0.25, -0.2) is 8.42 Å². The predicted octanol–water partition coefficient (Wildman–Crippen LogP) is 1.11. The molecule has 0 unspecified atom stereocenters. The van der Waals surface area contributed by atoms with Gasteiger partial charge in [-0.3, -0.25) is 9.40 Å². The van der Waals surface area contributed by atoms with Gasteiger partial charge in [0.05, 0.1) is 23.6 Å². The highest BCUT2D eigenvalue weighted by molar-refractivity contribution is 7.91. The Labute approximate surface area is 122 Å². The number of nitrogens with one attached hydrogen (secondary N) is 1. The van der Waals surface area contributed by atoms with Crippen molar-refractivity contribution in [2.24, 2.45) is 7.05 Å². The summed E-state index contributed by atoms with van der Waals surface area (Å²) >= 11 is 0. The van der Waals surface area contributed by atoms with Gasteiger partial charge in [0.1, 0.15) is 11.6 Å². The Balaban J connectivity index is 2.21. The lowest BCUT2D eigenvalue weighted by atomic mass is 10.2. The summed E-state index contributed by atoms with van der Waals surface area (Å²) < 4.78 is 27.9. The topological polar surface area (TPSA) is 112 Å². The molecule has 1 aromatic carbocycles.